The molecule has 0 aliphatic carbocycles. The lowest BCUT2D eigenvalue weighted by Crippen LogP contribution is -2.63. The summed E-state index contributed by atoms with van der Waals surface area (Å²) < 4.78 is 50.7. The standard InChI is InChI=1S/C32H37NO14/c1-16(26-14-41-22-9-7-8-10-23(22)45-26)33-31(38)21-11-12-24(25(13-21)39-6)46-32-30(44-20(5)37)29(43-19(4)36)28(42-18(3)35)27(47-32)15-40-17(2)34/h7-13,16,26-30,32H,14-15H2,1-6H3,(H,33,38)/t16-,26+,27-,28-,29+,30-,32+/m0/s1. The lowest BCUT2D eigenvalue weighted by molar-refractivity contribution is -0.288. The minimum atomic E-state index is -1.49. The molecule has 2 aliphatic heterocycles. The molecule has 1 amide bonds. The van der Waals surface area contributed by atoms with Gasteiger partial charge in [0.15, 0.2) is 41.3 Å². The highest BCUT2D eigenvalue weighted by atomic mass is 16.7. The number of esters is 4. The number of hydrogen-bond acceptors (Lipinski definition) is 14. The minimum Gasteiger partial charge on any atom is -0.493 e. The average Bonchev–Trinajstić information content (AvgIpc) is 3.02. The number of hydrogen-bond donors (Lipinski definition) is 1. The zero-order valence-corrected chi connectivity index (χ0v) is 26.7. The van der Waals surface area contributed by atoms with Gasteiger partial charge >= 0.3 is 23.9 Å². The van der Waals surface area contributed by atoms with Crippen molar-refractivity contribution in [1.29, 1.82) is 0 Å². The molecule has 0 radical (unpaired) electrons. The van der Waals surface area contributed by atoms with Crippen LogP contribution in [0.5, 0.6) is 23.0 Å². The van der Waals surface area contributed by atoms with Crippen LogP contribution in [-0.2, 0) is 42.9 Å². The number of para-hydroxylation sites is 2. The fourth-order valence-electron chi connectivity index (χ4n) is 4.98. The van der Waals surface area contributed by atoms with E-state index in [0.717, 1.165) is 20.8 Å². The third-order valence-corrected chi connectivity index (χ3v) is 7.06. The third-order valence-electron chi connectivity index (χ3n) is 7.06. The first-order valence-electron chi connectivity index (χ1n) is 14.7. The summed E-state index contributed by atoms with van der Waals surface area (Å²) in [7, 11) is 1.35. The van der Waals surface area contributed by atoms with E-state index in [1.54, 1.807) is 19.1 Å². The highest BCUT2D eigenvalue weighted by Crippen LogP contribution is 2.35. The summed E-state index contributed by atoms with van der Waals surface area (Å²) in [5, 5.41) is 2.90. The normalized spacial score (nSPS) is 23.7. The molecule has 0 aromatic heterocycles. The number of rotatable bonds is 11. The fraction of sp³-hybridized carbons (Fsp3) is 0.469. The number of amides is 1. The van der Waals surface area contributed by atoms with E-state index < -0.39 is 79.2 Å². The summed E-state index contributed by atoms with van der Waals surface area (Å²) in [6.45, 7) is 6.13. The average molecular weight is 660 g/mol. The molecule has 2 aliphatic rings. The SMILES string of the molecule is COc1cc(C(=O)N[C@@H](C)[C@H]2COc3ccccc3O2)ccc1O[C@@H]1O[C@@H](COC(C)=O)[C@H](OC(C)=O)[C@@H](OC(C)=O)[C@@H]1OC(C)=O. The molecule has 2 aromatic carbocycles. The number of carbonyl (C=O) groups is 5. The van der Waals surface area contributed by atoms with Crippen LogP contribution < -0.4 is 24.3 Å². The van der Waals surface area contributed by atoms with Crippen molar-refractivity contribution in [2.75, 3.05) is 20.3 Å². The van der Waals surface area contributed by atoms with Crippen LogP contribution in [0.1, 0.15) is 45.0 Å². The molecule has 0 spiro atoms. The van der Waals surface area contributed by atoms with Crippen molar-refractivity contribution in [2.24, 2.45) is 0 Å². The zero-order valence-electron chi connectivity index (χ0n) is 26.7. The van der Waals surface area contributed by atoms with Crippen molar-refractivity contribution >= 4 is 29.8 Å². The molecular weight excluding hydrogens is 622 g/mol. The van der Waals surface area contributed by atoms with Crippen LogP contribution in [0.3, 0.4) is 0 Å². The molecule has 1 saturated heterocycles. The van der Waals surface area contributed by atoms with Gasteiger partial charge in [0.25, 0.3) is 5.91 Å². The Morgan fingerprint density at radius 3 is 2.11 bits per heavy atom. The van der Waals surface area contributed by atoms with Gasteiger partial charge in [0.2, 0.25) is 12.4 Å². The summed E-state index contributed by atoms with van der Waals surface area (Å²) in [5.41, 5.74) is 0.222. The van der Waals surface area contributed by atoms with Gasteiger partial charge in [0.05, 0.1) is 13.2 Å². The monoisotopic (exact) mass is 659 g/mol. The quantitative estimate of drug-likeness (QED) is 0.274. The van der Waals surface area contributed by atoms with Gasteiger partial charge in [-0.1, -0.05) is 12.1 Å². The second-order valence-corrected chi connectivity index (χ2v) is 10.7. The molecular formula is C32H37NO14. The topological polar surface area (TPSA) is 180 Å². The molecule has 15 heteroatoms. The molecule has 2 heterocycles. The first kappa shape index (κ1) is 34.8. The van der Waals surface area contributed by atoms with Crippen LogP contribution in [0.2, 0.25) is 0 Å². The van der Waals surface area contributed by atoms with Gasteiger partial charge in [-0.15, -0.1) is 0 Å². The molecule has 0 saturated carbocycles. The Labute approximate surface area is 270 Å². The predicted molar refractivity (Wildman–Crippen MR) is 159 cm³/mol. The van der Waals surface area contributed by atoms with Gasteiger partial charge in [0.1, 0.15) is 19.3 Å². The molecule has 7 atom stereocenters. The highest BCUT2D eigenvalue weighted by molar-refractivity contribution is 5.95. The maximum atomic E-state index is 13.2. The summed E-state index contributed by atoms with van der Waals surface area (Å²) in [6.07, 6.45) is -7.36. The van der Waals surface area contributed by atoms with Gasteiger partial charge in [-0.3, -0.25) is 24.0 Å². The smallest absolute Gasteiger partial charge is 0.303 e. The molecule has 0 unspecified atom stereocenters. The van der Waals surface area contributed by atoms with Crippen molar-refractivity contribution in [3.63, 3.8) is 0 Å². The molecule has 0 bridgehead atoms. The van der Waals surface area contributed by atoms with Gasteiger partial charge < -0.3 is 47.9 Å². The Morgan fingerprint density at radius 2 is 1.47 bits per heavy atom. The molecule has 4 rings (SSSR count). The Balaban J connectivity index is 1.56. The number of carbonyl (C=O) groups excluding carboxylic acids is 5. The highest BCUT2D eigenvalue weighted by Gasteiger charge is 2.53. The Hall–Kier alpha value is -5.05. The lowest BCUT2D eigenvalue weighted by atomic mass is 9.98. The predicted octanol–water partition coefficient (Wildman–Crippen LogP) is 2.12. The van der Waals surface area contributed by atoms with Crippen LogP contribution >= 0.6 is 0 Å². The minimum absolute atomic E-state index is 0.0543. The number of benzene rings is 2. The molecule has 1 N–H and O–H groups in total. The van der Waals surface area contributed by atoms with Crippen LogP contribution in [-0.4, -0.2) is 93.0 Å². The zero-order chi connectivity index (χ0) is 34.2. The van der Waals surface area contributed by atoms with E-state index in [1.807, 2.05) is 12.1 Å². The van der Waals surface area contributed by atoms with Gasteiger partial charge in [0, 0.05) is 33.3 Å². The molecule has 2 aromatic rings. The summed E-state index contributed by atoms with van der Waals surface area (Å²) in [5.74, 6) is -2.06. The van der Waals surface area contributed by atoms with E-state index in [0.29, 0.717) is 11.5 Å². The third kappa shape index (κ3) is 9.03. The summed E-state index contributed by atoms with van der Waals surface area (Å²) in [6, 6.07) is 11.1. The number of ether oxygens (including phenoxy) is 9. The maximum absolute atomic E-state index is 13.2. The molecule has 1 fully saturated rings. The summed E-state index contributed by atoms with van der Waals surface area (Å²) >= 11 is 0. The van der Waals surface area contributed by atoms with Gasteiger partial charge in [-0.25, -0.2) is 0 Å². The van der Waals surface area contributed by atoms with Crippen molar-refractivity contribution in [2.45, 2.75) is 77.5 Å². The van der Waals surface area contributed by atoms with Crippen molar-refractivity contribution in [3.05, 3.63) is 48.0 Å². The van der Waals surface area contributed by atoms with Gasteiger partial charge in [-0.2, -0.15) is 0 Å². The van der Waals surface area contributed by atoms with Crippen molar-refractivity contribution in [1.82, 2.24) is 5.32 Å². The lowest BCUT2D eigenvalue weighted by Gasteiger charge is -2.44. The second-order valence-electron chi connectivity index (χ2n) is 10.7. The maximum Gasteiger partial charge on any atom is 0.303 e. The first-order valence-corrected chi connectivity index (χ1v) is 14.7. The van der Waals surface area contributed by atoms with E-state index in [4.69, 9.17) is 42.6 Å². The Bertz CT molecular complexity index is 1480. The van der Waals surface area contributed by atoms with E-state index in [2.05, 4.69) is 5.32 Å². The van der Waals surface area contributed by atoms with Crippen molar-refractivity contribution < 1.29 is 66.6 Å². The molecule has 254 valence electrons. The van der Waals surface area contributed by atoms with Gasteiger partial charge in [-0.05, 0) is 37.3 Å². The van der Waals surface area contributed by atoms with E-state index >= 15 is 0 Å². The van der Waals surface area contributed by atoms with Crippen LogP contribution in [0.4, 0.5) is 0 Å². The van der Waals surface area contributed by atoms with Crippen LogP contribution in [0, 0.1) is 0 Å². The number of fused-ring (bicyclic) bond motifs is 1. The largest absolute Gasteiger partial charge is 0.493 e. The van der Waals surface area contributed by atoms with Crippen LogP contribution in [0.15, 0.2) is 42.5 Å². The fourth-order valence-corrected chi connectivity index (χ4v) is 4.98. The molecule has 15 nitrogen and oxygen atoms in total. The Morgan fingerprint density at radius 1 is 0.830 bits per heavy atom. The summed E-state index contributed by atoms with van der Waals surface area (Å²) in [4.78, 5) is 61.0. The van der Waals surface area contributed by atoms with E-state index in [-0.39, 0.29) is 23.7 Å². The second kappa shape index (κ2) is 15.5. The number of methoxy groups -OCH3 is 1. The Kier molecular flexibility index (Phi) is 11.5. The van der Waals surface area contributed by atoms with E-state index in [9.17, 15) is 24.0 Å². The van der Waals surface area contributed by atoms with Crippen molar-refractivity contribution in [3.8, 4) is 23.0 Å². The van der Waals surface area contributed by atoms with Crippen LogP contribution in [0.25, 0.3) is 0 Å². The first-order chi connectivity index (χ1) is 22.4. The van der Waals surface area contributed by atoms with E-state index in [1.165, 1.54) is 32.2 Å². The molecule has 47 heavy (non-hydrogen) atoms. The number of nitrogens with one attached hydrogen (secondary N) is 1.